The first-order valence-electron chi connectivity index (χ1n) is 6.79. The number of ether oxygens (including phenoxy) is 2. The molecule has 5 heteroatoms. The van der Waals surface area contributed by atoms with Crippen molar-refractivity contribution in [3.63, 3.8) is 0 Å². The Morgan fingerprint density at radius 1 is 1.35 bits per heavy atom. The molecule has 20 heavy (non-hydrogen) atoms. The van der Waals surface area contributed by atoms with Crippen LogP contribution in [0.2, 0.25) is 0 Å². The smallest absolute Gasteiger partial charge is 0.332 e. The Morgan fingerprint density at radius 3 is 2.75 bits per heavy atom. The van der Waals surface area contributed by atoms with Crippen LogP contribution in [0.5, 0.6) is 5.75 Å². The van der Waals surface area contributed by atoms with Crippen molar-refractivity contribution in [2.24, 2.45) is 0 Å². The lowest BCUT2D eigenvalue weighted by Crippen LogP contribution is -2.57. The zero-order chi connectivity index (χ0) is 14.6. The van der Waals surface area contributed by atoms with Gasteiger partial charge >= 0.3 is 5.97 Å². The molecule has 1 unspecified atom stereocenters. The van der Waals surface area contributed by atoms with Crippen LogP contribution >= 0.6 is 0 Å². The van der Waals surface area contributed by atoms with Crippen molar-refractivity contribution in [2.75, 3.05) is 39.7 Å². The number of likely N-dealkylation sites (tertiary alicyclic amines) is 1. The van der Waals surface area contributed by atoms with Crippen LogP contribution in [0.3, 0.4) is 0 Å². The fourth-order valence-electron chi connectivity index (χ4n) is 2.79. The largest absolute Gasteiger partial charge is 0.495 e. The molecular formula is C15H22N2O3. The molecule has 1 aliphatic heterocycles. The molecule has 5 nitrogen and oxygen atoms in total. The third kappa shape index (κ3) is 2.88. The van der Waals surface area contributed by atoms with Crippen molar-refractivity contribution in [2.45, 2.75) is 18.4 Å². The summed E-state index contributed by atoms with van der Waals surface area (Å²) >= 11 is 0. The Hall–Kier alpha value is -1.75. The summed E-state index contributed by atoms with van der Waals surface area (Å²) in [5, 5.41) is 3.35. The van der Waals surface area contributed by atoms with E-state index < -0.39 is 5.54 Å². The zero-order valence-corrected chi connectivity index (χ0v) is 12.3. The van der Waals surface area contributed by atoms with E-state index in [1.165, 1.54) is 7.11 Å². The fourth-order valence-corrected chi connectivity index (χ4v) is 2.79. The van der Waals surface area contributed by atoms with Crippen LogP contribution in [0.1, 0.15) is 12.8 Å². The second kappa shape index (κ2) is 6.13. The van der Waals surface area contributed by atoms with Crippen LogP contribution in [0.4, 0.5) is 5.69 Å². The van der Waals surface area contributed by atoms with Gasteiger partial charge in [0.1, 0.15) is 11.3 Å². The number of esters is 1. The summed E-state index contributed by atoms with van der Waals surface area (Å²) in [6.45, 7) is 1.62. The van der Waals surface area contributed by atoms with Gasteiger partial charge in [-0.15, -0.1) is 0 Å². The van der Waals surface area contributed by atoms with E-state index in [1.54, 1.807) is 7.11 Å². The zero-order valence-electron chi connectivity index (χ0n) is 12.3. The van der Waals surface area contributed by atoms with Crippen molar-refractivity contribution in [3.8, 4) is 5.75 Å². The first-order valence-corrected chi connectivity index (χ1v) is 6.79. The van der Waals surface area contributed by atoms with Gasteiger partial charge in [-0.2, -0.15) is 0 Å². The fraction of sp³-hybridized carbons (Fsp3) is 0.533. The van der Waals surface area contributed by atoms with Gasteiger partial charge in [-0.3, -0.25) is 0 Å². The predicted octanol–water partition coefficient (Wildman–Crippen LogP) is 1.74. The van der Waals surface area contributed by atoms with Crippen LogP contribution in [-0.2, 0) is 9.53 Å². The molecule has 110 valence electrons. The highest BCUT2D eigenvalue weighted by molar-refractivity contribution is 5.85. The minimum absolute atomic E-state index is 0.227. The minimum atomic E-state index is -0.712. The number of carbonyl (C=O) groups excluding carboxylic acids is 1. The summed E-state index contributed by atoms with van der Waals surface area (Å²) in [5.41, 5.74) is 0.104. The lowest BCUT2D eigenvalue weighted by atomic mass is 9.88. The second-order valence-electron chi connectivity index (χ2n) is 5.24. The Bertz CT molecular complexity index is 478. The van der Waals surface area contributed by atoms with E-state index in [2.05, 4.69) is 10.2 Å². The Morgan fingerprint density at radius 2 is 2.10 bits per heavy atom. The van der Waals surface area contributed by atoms with E-state index >= 15 is 0 Å². The van der Waals surface area contributed by atoms with Crippen molar-refractivity contribution in [1.82, 2.24) is 4.90 Å². The summed E-state index contributed by atoms with van der Waals surface area (Å²) < 4.78 is 10.4. The van der Waals surface area contributed by atoms with Gasteiger partial charge in [-0.1, -0.05) is 12.1 Å². The SMILES string of the molecule is COC(=O)C1(Nc2ccccc2OC)CCCN(C)C1. The molecule has 1 atom stereocenters. The number of anilines is 1. The van der Waals surface area contributed by atoms with Crippen LogP contribution in [0.15, 0.2) is 24.3 Å². The number of nitrogens with zero attached hydrogens (tertiary/aromatic N) is 1. The van der Waals surface area contributed by atoms with Gasteiger partial charge in [0.15, 0.2) is 0 Å². The van der Waals surface area contributed by atoms with Gasteiger partial charge in [0.2, 0.25) is 0 Å². The molecule has 1 saturated heterocycles. The Kier molecular flexibility index (Phi) is 4.49. The molecule has 0 spiro atoms. The molecule has 1 N–H and O–H groups in total. The van der Waals surface area contributed by atoms with Gasteiger partial charge in [0.05, 0.1) is 19.9 Å². The first-order chi connectivity index (χ1) is 9.61. The number of benzene rings is 1. The molecule has 0 radical (unpaired) electrons. The van der Waals surface area contributed by atoms with E-state index in [0.29, 0.717) is 6.54 Å². The average Bonchev–Trinajstić information content (AvgIpc) is 2.47. The maximum Gasteiger partial charge on any atom is 0.332 e. The molecule has 1 aromatic rings. The first kappa shape index (κ1) is 14.7. The molecule has 0 aliphatic carbocycles. The highest BCUT2D eigenvalue weighted by atomic mass is 16.5. The van der Waals surface area contributed by atoms with Crippen molar-refractivity contribution in [1.29, 1.82) is 0 Å². The standard InChI is InChI=1S/C15H22N2O3/c1-17-10-6-9-15(11-17,14(18)20-3)16-12-7-4-5-8-13(12)19-2/h4-5,7-8,16H,6,9-11H2,1-3H3. The monoisotopic (exact) mass is 278 g/mol. The Labute approximate surface area is 119 Å². The number of rotatable bonds is 4. The number of carbonyl (C=O) groups is 1. The molecular weight excluding hydrogens is 256 g/mol. The average molecular weight is 278 g/mol. The normalized spacial score (nSPS) is 23.1. The number of para-hydroxylation sites is 2. The van der Waals surface area contributed by atoms with Gasteiger partial charge in [-0.05, 0) is 38.6 Å². The third-order valence-corrected chi connectivity index (χ3v) is 3.74. The third-order valence-electron chi connectivity index (χ3n) is 3.74. The highest BCUT2D eigenvalue weighted by Gasteiger charge is 2.43. The number of methoxy groups -OCH3 is 2. The number of likely N-dealkylation sites (N-methyl/N-ethyl adjacent to an activating group) is 1. The van der Waals surface area contributed by atoms with E-state index in [9.17, 15) is 4.79 Å². The number of hydrogen-bond acceptors (Lipinski definition) is 5. The van der Waals surface area contributed by atoms with Gasteiger partial charge in [0, 0.05) is 6.54 Å². The highest BCUT2D eigenvalue weighted by Crippen LogP contribution is 2.31. The maximum atomic E-state index is 12.3. The van der Waals surface area contributed by atoms with Crippen LogP contribution in [0.25, 0.3) is 0 Å². The second-order valence-corrected chi connectivity index (χ2v) is 5.24. The van der Waals surface area contributed by atoms with Gasteiger partial charge in [0.25, 0.3) is 0 Å². The summed E-state index contributed by atoms with van der Waals surface area (Å²) in [4.78, 5) is 14.4. The number of nitrogens with one attached hydrogen (secondary N) is 1. The Balaban J connectivity index is 2.30. The van der Waals surface area contributed by atoms with Crippen LogP contribution in [-0.4, -0.2) is 50.8 Å². The molecule has 1 aliphatic rings. The minimum Gasteiger partial charge on any atom is -0.495 e. The van der Waals surface area contributed by atoms with Gasteiger partial charge in [-0.25, -0.2) is 4.79 Å². The van der Waals surface area contributed by atoms with Crippen LogP contribution < -0.4 is 10.1 Å². The van der Waals surface area contributed by atoms with E-state index in [1.807, 2.05) is 31.3 Å². The summed E-state index contributed by atoms with van der Waals surface area (Å²) in [7, 11) is 5.07. The van der Waals surface area contributed by atoms with Crippen molar-refractivity contribution >= 4 is 11.7 Å². The molecule has 0 amide bonds. The lowest BCUT2D eigenvalue weighted by molar-refractivity contribution is -0.147. The lowest BCUT2D eigenvalue weighted by Gasteiger charge is -2.40. The van der Waals surface area contributed by atoms with E-state index in [0.717, 1.165) is 30.8 Å². The molecule has 1 heterocycles. The molecule has 2 rings (SSSR count). The van der Waals surface area contributed by atoms with Crippen molar-refractivity contribution < 1.29 is 14.3 Å². The quantitative estimate of drug-likeness (QED) is 0.850. The summed E-state index contributed by atoms with van der Waals surface area (Å²) in [6, 6.07) is 7.61. The summed E-state index contributed by atoms with van der Waals surface area (Å²) in [5.74, 6) is 0.499. The topological polar surface area (TPSA) is 50.8 Å². The van der Waals surface area contributed by atoms with E-state index in [4.69, 9.17) is 9.47 Å². The van der Waals surface area contributed by atoms with Gasteiger partial charge < -0.3 is 19.7 Å². The molecule has 0 aromatic heterocycles. The molecule has 0 saturated carbocycles. The number of hydrogen-bond donors (Lipinski definition) is 1. The van der Waals surface area contributed by atoms with E-state index in [-0.39, 0.29) is 5.97 Å². The number of piperidine rings is 1. The molecule has 1 fully saturated rings. The summed E-state index contributed by atoms with van der Waals surface area (Å²) in [6.07, 6.45) is 1.70. The maximum absolute atomic E-state index is 12.3. The molecule has 1 aromatic carbocycles. The molecule has 0 bridgehead atoms. The van der Waals surface area contributed by atoms with Crippen LogP contribution in [0, 0.1) is 0 Å². The van der Waals surface area contributed by atoms with Crippen molar-refractivity contribution in [3.05, 3.63) is 24.3 Å². The predicted molar refractivity (Wildman–Crippen MR) is 78.1 cm³/mol.